The number of thiocarbonyl (C=S) groups is 1. The molecule has 1 N–H and O–H groups in total. The van der Waals surface area contributed by atoms with Gasteiger partial charge in [0.05, 0.1) is 10.6 Å². The van der Waals surface area contributed by atoms with Gasteiger partial charge in [0.2, 0.25) is 0 Å². The van der Waals surface area contributed by atoms with Gasteiger partial charge in [0.15, 0.2) is 10.9 Å². The van der Waals surface area contributed by atoms with Crippen molar-refractivity contribution in [2.75, 3.05) is 16.8 Å². The van der Waals surface area contributed by atoms with Gasteiger partial charge in [-0.05, 0) is 84.8 Å². The maximum absolute atomic E-state index is 13.2. The molecule has 200 valence electrons. The SMILES string of the molecule is Cc1ccc(Cl)cc1NC(=O)COc1ccc(/C=C2\SC(=S)N(c3ccc(Oc4ccccc4)cc3)C2=O)cc1. The average molecular weight is 587 g/mol. The van der Waals surface area contributed by atoms with Crippen molar-refractivity contribution in [2.45, 2.75) is 6.92 Å². The Kier molecular flexibility index (Phi) is 8.50. The molecule has 4 aromatic carbocycles. The highest BCUT2D eigenvalue weighted by atomic mass is 35.5. The summed E-state index contributed by atoms with van der Waals surface area (Å²) in [7, 11) is 0. The number of benzene rings is 4. The highest BCUT2D eigenvalue weighted by Crippen LogP contribution is 2.37. The number of para-hydroxylation sites is 1. The molecule has 1 fully saturated rings. The summed E-state index contributed by atoms with van der Waals surface area (Å²) < 4.78 is 11.9. The third kappa shape index (κ3) is 6.71. The molecule has 0 bridgehead atoms. The van der Waals surface area contributed by atoms with E-state index in [0.717, 1.165) is 16.9 Å². The number of carbonyl (C=O) groups is 2. The summed E-state index contributed by atoms with van der Waals surface area (Å²) in [5.74, 6) is 1.43. The Morgan fingerprint density at radius 1 is 0.950 bits per heavy atom. The summed E-state index contributed by atoms with van der Waals surface area (Å²) in [6, 6.07) is 29.1. The second kappa shape index (κ2) is 12.4. The van der Waals surface area contributed by atoms with Crippen molar-refractivity contribution in [3.8, 4) is 17.2 Å². The molecule has 0 saturated carbocycles. The van der Waals surface area contributed by atoms with Crippen LogP contribution in [0.5, 0.6) is 17.2 Å². The molecule has 1 heterocycles. The molecule has 0 aliphatic carbocycles. The molecule has 40 heavy (non-hydrogen) atoms. The first-order valence-corrected chi connectivity index (χ1v) is 13.9. The Balaban J connectivity index is 1.19. The van der Waals surface area contributed by atoms with Gasteiger partial charge in [-0.15, -0.1) is 0 Å². The molecule has 4 aromatic rings. The molecule has 5 rings (SSSR count). The number of nitrogens with one attached hydrogen (secondary N) is 1. The molecule has 0 radical (unpaired) electrons. The maximum Gasteiger partial charge on any atom is 0.270 e. The van der Waals surface area contributed by atoms with E-state index in [2.05, 4.69) is 5.32 Å². The van der Waals surface area contributed by atoms with Crippen LogP contribution in [0, 0.1) is 6.92 Å². The van der Waals surface area contributed by atoms with Crippen LogP contribution < -0.4 is 19.7 Å². The fraction of sp³-hybridized carbons (Fsp3) is 0.0645. The van der Waals surface area contributed by atoms with E-state index in [4.69, 9.17) is 33.3 Å². The van der Waals surface area contributed by atoms with Crippen LogP contribution in [0.1, 0.15) is 11.1 Å². The van der Waals surface area contributed by atoms with Crippen LogP contribution in [0.25, 0.3) is 6.08 Å². The molecule has 0 aromatic heterocycles. The first-order chi connectivity index (χ1) is 19.4. The number of ether oxygens (including phenoxy) is 2. The molecule has 0 spiro atoms. The highest BCUT2D eigenvalue weighted by Gasteiger charge is 2.33. The predicted octanol–water partition coefficient (Wildman–Crippen LogP) is 7.86. The number of thioether (sulfide) groups is 1. The van der Waals surface area contributed by atoms with Crippen molar-refractivity contribution < 1.29 is 19.1 Å². The number of aryl methyl sites for hydroxylation is 1. The van der Waals surface area contributed by atoms with Crippen molar-refractivity contribution in [3.05, 3.63) is 118 Å². The zero-order valence-corrected chi connectivity index (χ0v) is 23.7. The van der Waals surface area contributed by atoms with Crippen molar-refractivity contribution in [3.63, 3.8) is 0 Å². The van der Waals surface area contributed by atoms with Crippen LogP contribution in [0.15, 0.2) is 102 Å². The van der Waals surface area contributed by atoms with Crippen molar-refractivity contribution >= 4 is 69.2 Å². The zero-order valence-electron chi connectivity index (χ0n) is 21.3. The number of amides is 2. The van der Waals surface area contributed by atoms with Gasteiger partial charge in [-0.1, -0.05) is 72.0 Å². The van der Waals surface area contributed by atoms with Gasteiger partial charge in [0.25, 0.3) is 11.8 Å². The third-order valence-electron chi connectivity index (χ3n) is 5.89. The summed E-state index contributed by atoms with van der Waals surface area (Å²) in [6.07, 6.45) is 1.78. The summed E-state index contributed by atoms with van der Waals surface area (Å²) in [5, 5.41) is 3.34. The number of carbonyl (C=O) groups excluding carboxylic acids is 2. The quantitative estimate of drug-likeness (QED) is 0.167. The summed E-state index contributed by atoms with van der Waals surface area (Å²) in [4.78, 5) is 27.5. The fourth-order valence-electron chi connectivity index (χ4n) is 3.85. The van der Waals surface area contributed by atoms with Gasteiger partial charge >= 0.3 is 0 Å². The minimum atomic E-state index is -0.294. The van der Waals surface area contributed by atoms with Crippen LogP contribution in [0.2, 0.25) is 5.02 Å². The molecule has 1 saturated heterocycles. The Labute approximate surface area is 246 Å². The second-order valence-electron chi connectivity index (χ2n) is 8.79. The van der Waals surface area contributed by atoms with Crippen LogP contribution >= 0.6 is 35.6 Å². The topological polar surface area (TPSA) is 67.9 Å². The smallest absolute Gasteiger partial charge is 0.270 e. The molecule has 6 nitrogen and oxygen atoms in total. The van der Waals surface area contributed by atoms with E-state index >= 15 is 0 Å². The van der Waals surface area contributed by atoms with Gasteiger partial charge in [0.1, 0.15) is 17.2 Å². The number of halogens is 1. The van der Waals surface area contributed by atoms with Crippen LogP contribution in [0.4, 0.5) is 11.4 Å². The lowest BCUT2D eigenvalue weighted by molar-refractivity contribution is -0.118. The Morgan fingerprint density at radius 3 is 2.35 bits per heavy atom. The molecule has 0 unspecified atom stereocenters. The monoisotopic (exact) mass is 586 g/mol. The molecule has 1 aliphatic rings. The molecule has 0 atom stereocenters. The number of hydrogen-bond acceptors (Lipinski definition) is 6. The average Bonchev–Trinajstić information content (AvgIpc) is 3.23. The predicted molar refractivity (Wildman–Crippen MR) is 165 cm³/mol. The molecule has 1 aliphatic heterocycles. The molecule has 9 heteroatoms. The minimum Gasteiger partial charge on any atom is -0.484 e. The maximum atomic E-state index is 13.2. The van der Waals surface area contributed by atoms with E-state index < -0.39 is 0 Å². The Hall–Kier alpha value is -4.11. The largest absolute Gasteiger partial charge is 0.484 e. The minimum absolute atomic E-state index is 0.154. The summed E-state index contributed by atoms with van der Waals surface area (Å²) in [6.45, 7) is 1.73. The van der Waals surface area contributed by atoms with E-state index in [1.165, 1.54) is 16.7 Å². The summed E-state index contributed by atoms with van der Waals surface area (Å²) in [5.41, 5.74) is 3.02. The van der Waals surface area contributed by atoms with Crippen molar-refractivity contribution in [1.82, 2.24) is 0 Å². The lowest BCUT2D eigenvalue weighted by Gasteiger charge is -2.15. The van der Waals surface area contributed by atoms with Gasteiger partial charge in [-0.2, -0.15) is 0 Å². The molecule has 2 amide bonds. The van der Waals surface area contributed by atoms with E-state index in [1.54, 1.807) is 42.5 Å². The van der Waals surface area contributed by atoms with Crippen LogP contribution in [0.3, 0.4) is 0 Å². The van der Waals surface area contributed by atoms with E-state index in [0.29, 0.717) is 37.1 Å². The van der Waals surface area contributed by atoms with Gasteiger partial charge in [-0.3, -0.25) is 14.5 Å². The molecular weight excluding hydrogens is 564 g/mol. The van der Waals surface area contributed by atoms with Crippen molar-refractivity contribution in [2.24, 2.45) is 0 Å². The first-order valence-electron chi connectivity index (χ1n) is 12.3. The lowest BCUT2D eigenvalue weighted by atomic mass is 10.2. The third-order valence-corrected chi connectivity index (χ3v) is 7.43. The van der Waals surface area contributed by atoms with E-state index in [1.807, 2.05) is 67.6 Å². The standard InChI is InChI=1S/C31H23ClN2O4S2/c1-20-7-10-22(32)18-27(20)33-29(35)19-37-24-13-8-21(9-14-24)17-28-30(36)34(31(39)40-28)23-11-15-26(16-12-23)38-25-5-3-2-4-6-25/h2-18H,19H2,1H3,(H,33,35)/b28-17-. The fourth-order valence-corrected chi connectivity index (χ4v) is 5.33. The van der Waals surface area contributed by atoms with E-state index in [-0.39, 0.29) is 18.4 Å². The number of rotatable bonds is 8. The van der Waals surface area contributed by atoms with Gasteiger partial charge in [-0.25, -0.2) is 0 Å². The van der Waals surface area contributed by atoms with Gasteiger partial charge < -0.3 is 14.8 Å². The number of nitrogens with zero attached hydrogens (tertiary/aromatic N) is 1. The second-order valence-corrected chi connectivity index (χ2v) is 10.9. The number of anilines is 2. The lowest BCUT2D eigenvalue weighted by Crippen LogP contribution is -2.27. The Morgan fingerprint density at radius 2 is 1.62 bits per heavy atom. The Bertz CT molecular complexity index is 1590. The first kappa shape index (κ1) is 27.5. The molecular formula is C31H23ClN2O4S2. The number of hydrogen-bond donors (Lipinski definition) is 1. The van der Waals surface area contributed by atoms with E-state index in [9.17, 15) is 9.59 Å². The van der Waals surface area contributed by atoms with Crippen molar-refractivity contribution in [1.29, 1.82) is 0 Å². The van der Waals surface area contributed by atoms with Gasteiger partial charge in [0, 0.05) is 10.7 Å². The van der Waals surface area contributed by atoms with Crippen LogP contribution in [-0.2, 0) is 9.59 Å². The normalized spacial score (nSPS) is 13.9. The van der Waals surface area contributed by atoms with Crippen LogP contribution in [-0.4, -0.2) is 22.7 Å². The zero-order chi connectivity index (χ0) is 28.1. The highest BCUT2D eigenvalue weighted by molar-refractivity contribution is 8.27. The summed E-state index contributed by atoms with van der Waals surface area (Å²) >= 11 is 12.8.